The topological polar surface area (TPSA) is 136 Å². The monoisotopic (exact) mass is 610 g/mol. The van der Waals surface area contributed by atoms with E-state index in [-0.39, 0.29) is 24.6 Å². The van der Waals surface area contributed by atoms with E-state index in [0.717, 1.165) is 63.5 Å². The first-order chi connectivity index (χ1) is 19.1. The average Bonchev–Trinajstić information content (AvgIpc) is 2.89. The minimum atomic E-state index is -4.75. The van der Waals surface area contributed by atoms with Crippen molar-refractivity contribution in [2.45, 2.75) is 148 Å². The largest absolute Gasteiger partial charge is 0.469 e. The van der Waals surface area contributed by atoms with Crippen LogP contribution >= 0.6 is 19.6 Å². The lowest BCUT2D eigenvalue weighted by molar-refractivity contribution is -0.161. The number of carbonyl (C=O) groups excluding carboxylic acids is 3. The molecule has 0 radical (unpaired) electrons. The number of phosphoric ester groups is 1. The lowest BCUT2D eigenvalue weighted by Crippen LogP contribution is -2.29. The molecular weight excluding hydrogens is 555 g/mol. The fourth-order valence-corrected chi connectivity index (χ4v) is 5.20. The number of hydrogen-bond acceptors (Lipinski definition) is 8. The molecular formula is C29H55O9PS. The minimum Gasteiger partial charge on any atom is -0.462 e. The third kappa shape index (κ3) is 30.0. The van der Waals surface area contributed by atoms with Crippen LogP contribution in [-0.4, -0.2) is 51.9 Å². The molecule has 0 amide bonds. The molecule has 0 aromatic rings. The van der Waals surface area contributed by atoms with Gasteiger partial charge in [0.05, 0.1) is 6.61 Å². The molecule has 9 nitrogen and oxygen atoms in total. The lowest BCUT2D eigenvalue weighted by Gasteiger charge is -2.18. The Morgan fingerprint density at radius 1 is 0.675 bits per heavy atom. The van der Waals surface area contributed by atoms with Gasteiger partial charge in [0.25, 0.3) is 0 Å². The van der Waals surface area contributed by atoms with Crippen LogP contribution in [0, 0.1) is 0 Å². The van der Waals surface area contributed by atoms with Crippen molar-refractivity contribution in [1.29, 1.82) is 0 Å². The summed E-state index contributed by atoms with van der Waals surface area (Å²) in [5, 5.41) is 0.158. The highest BCUT2D eigenvalue weighted by atomic mass is 32.2. The van der Waals surface area contributed by atoms with Gasteiger partial charge in [0.2, 0.25) is 0 Å². The van der Waals surface area contributed by atoms with Gasteiger partial charge >= 0.3 is 19.8 Å². The minimum absolute atomic E-state index is 0.158. The molecule has 0 aliphatic heterocycles. The van der Waals surface area contributed by atoms with Crippen LogP contribution in [0.5, 0.6) is 0 Å². The molecule has 0 unspecified atom stereocenters. The van der Waals surface area contributed by atoms with Crippen molar-refractivity contribution in [2.75, 3.05) is 19.0 Å². The summed E-state index contributed by atoms with van der Waals surface area (Å²) in [6.45, 7) is 2.95. The molecule has 0 fully saturated rings. The highest BCUT2D eigenvalue weighted by Crippen LogP contribution is 2.35. The van der Waals surface area contributed by atoms with Gasteiger partial charge in [-0.25, -0.2) is 4.57 Å². The third-order valence-corrected chi connectivity index (χ3v) is 7.86. The predicted octanol–water partition coefficient (Wildman–Crippen LogP) is 7.65. The molecule has 0 saturated carbocycles. The maximum Gasteiger partial charge on any atom is 0.469 e. The van der Waals surface area contributed by atoms with Gasteiger partial charge in [0.1, 0.15) is 6.61 Å². The molecule has 1 atom stereocenters. The summed E-state index contributed by atoms with van der Waals surface area (Å²) in [4.78, 5) is 53.2. The Balaban J connectivity index is 4.03. The first-order valence-electron chi connectivity index (χ1n) is 15.3. The van der Waals surface area contributed by atoms with E-state index in [9.17, 15) is 18.9 Å². The Morgan fingerprint density at radius 2 is 1.12 bits per heavy atom. The van der Waals surface area contributed by atoms with Gasteiger partial charge < -0.3 is 19.3 Å². The van der Waals surface area contributed by atoms with E-state index in [0.29, 0.717) is 12.8 Å². The van der Waals surface area contributed by atoms with Crippen molar-refractivity contribution in [1.82, 2.24) is 0 Å². The second kappa shape index (κ2) is 26.9. The summed E-state index contributed by atoms with van der Waals surface area (Å²) >= 11 is 1.36. The summed E-state index contributed by atoms with van der Waals surface area (Å²) in [6.07, 6.45) is 19.1. The zero-order valence-electron chi connectivity index (χ0n) is 24.9. The van der Waals surface area contributed by atoms with Crippen molar-refractivity contribution < 1.29 is 42.7 Å². The maximum atomic E-state index is 12.2. The second-order valence-electron chi connectivity index (χ2n) is 10.4. The number of hydrogen-bond donors (Lipinski definition) is 2. The standard InChI is InChI=1S/C29H55O9PS/c1-3-4-5-6-7-8-9-10-12-16-19-22-29(32)38-27(25-37-39(33,34)35)24-36-28(31)21-18-15-13-11-14-17-20-23-40-26(2)30/h27H,3-25H2,1-2H3,(H2,33,34,35)/t27-/m1/s1. The van der Waals surface area contributed by atoms with Crippen LogP contribution in [0.3, 0.4) is 0 Å². The van der Waals surface area contributed by atoms with Gasteiger partial charge in [-0.05, 0) is 19.3 Å². The van der Waals surface area contributed by atoms with E-state index in [1.807, 2.05) is 0 Å². The molecule has 2 N–H and O–H groups in total. The fourth-order valence-electron chi connectivity index (χ4n) is 4.20. The number of ether oxygens (including phenoxy) is 2. The molecule has 0 rings (SSSR count). The Labute approximate surface area is 246 Å². The van der Waals surface area contributed by atoms with Gasteiger partial charge in [-0.3, -0.25) is 18.9 Å². The summed E-state index contributed by atoms with van der Waals surface area (Å²) < 4.78 is 26.1. The molecule has 0 aromatic carbocycles. The first-order valence-corrected chi connectivity index (χ1v) is 17.8. The van der Waals surface area contributed by atoms with Crippen LogP contribution in [0.2, 0.25) is 0 Å². The van der Waals surface area contributed by atoms with Crippen molar-refractivity contribution >= 4 is 36.6 Å². The van der Waals surface area contributed by atoms with E-state index < -0.39 is 32.5 Å². The number of thioether (sulfide) groups is 1. The summed E-state index contributed by atoms with van der Waals surface area (Å²) in [5.41, 5.74) is 0. The van der Waals surface area contributed by atoms with Crippen LogP contribution in [0.15, 0.2) is 0 Å². The Morgan fingerprint density at radius 3 is 1.60 bits per heavy atom. The smallest absolute Gasteiger partial charge is 0.462 e. The normalized spacial score (nSPS) is 12.3. The molecule has 0 spiro atoms. The molecule has 0 heterocycles. The number of carbonyl (C=O) groups is 3. The van der Waals surface area contributed by atoms with Gasteiger partial charge in [-0.15, -0.1) is 0 Å². The first kappa shape index (κ1) is 39.1. The second-order valence-corrected chi connectivity index (χ2v) is 12.9. The number of unbranched alkanes of at least 4 members (excludes halogenated alkanes) is 16. The molecule has 0 saturated heterocycles. The molecule has 0 aromatic heterocycles. The zero-order valence-corrected chi connectivity index (χ0v) is 26.7. The van der Waals surface area contributed by atoms with Crippen LogP contribution in [0.4, 0.5) is 0 Å². The van der Waals surface area contributed by atoms with Gasteiger partial charge in [0.15, 0.2) is 11.2 Å². The molecule has 0 bridgehead atoms. The van der Waals surface area contributed by atoms with Crippen LogP contribution < -0.4 is 0 Å². The molecule has 236 valence electrons. The maximum absolute atomic E-state index is 12.2. The van der Waals surface area contributed by atoms with E-state index in [1.54, 1.807) is 6.92 Å². The van der Waals surface area contributed by atoms with Crippen molar-refractivity contribution in [3.05, 3.63) is 0 Å². The van der Waals surface area contributed by atoms with Gasteiger partial charge in [0, 0.05) is 25.5 Å². The predicted molar refractivity (Wildman–Crippen MR) is 160 cm³/mol. The van der Waals surface area contributed by atoms with Crippen LogP contribution in [0.1, 0.15) is 142 Å². The molecule has 11 heteroatoms. The Bertz CT molecular complexity index is 699. The molecule has 0 aliphatic carbocycles. The average molecular weight is 611 g/mol. The summed E-state index contributed by atoms with van der Waals surface area (Å²) in [5.74, 6) is -0.0641. The van der Waals surface area contributed by atoms with Crippen molar-refractivity contribution in [2.24, 2.45) is 0 Å². The number of rotatable bonds is 28. The molecule has 0 aliphatic rings. The zero-order chi connectivity index (χ0) is 29.9. The quantitative estimate of drug-likeness (QED) is 0.0516. The fraction of sp³-hybridized carbons (Fsp3) is 0.897. The Hall–Kier alpha value is -0.930. The lowest BCUT2D eigenvalue weighted by atomic mass is 10.1. The third-order valence-electron chi connectivity index (χ3n) is 6.47. The number of esters is 2. The summed E-state index contributed by atoms with van der Waals surface area (Å²) in [6, 6.07) is 0. The highest BCUT2D eigenvalue weighted by molar-refractivity contribution is 8.13. The summed E-state index contributed by atoms with van der Waals surface area (Å²) in [7, 11) is -4.75. The number of phosphoric acid groups is 1. The highest BCUT2D eigenvalue weighted by Gasteiger charge is 2.22. The van der Waals surface area contributed by atoms with Gasteiger partial charge in [-0.2, -0.15) is 0 Å². The Kier molecular flexibility index (Phi) is 26.3. The van der Waals surface area contributed by atoms with Crippen LogP contribution in [0.25, 0.3) is 0 Å². The van der Waals surface area contributed by atoms with Crippen molar-refractivity contribution in [3.63, 3.8) is 0 Å². The SMILES string of the molecule is CCCCCCCCCCCCCC(=O)O[C@H](COC(=O)CCCCCCCCCSC(C)=O)COP(=O)(O)O. The van der Waals surface area contributed by atoms with E-state index >= 15 is 0 Å². The van der Waals surface area contributed by atoms with E-state index in [2.05, 4.69) is 11.4 Å². The van der Waals surface area contributed by atoms with Crippen LogP contribution in [-0.2, 0) is 32.9 Å². The van der Waals surface area contributed by atoms with Crippen molar-refractivity contribution in [3.8, 4) is 0 Å². The van der Waals surface area contributed by atoms with E-state index in [1.165, 1.54) is 56.7 Å². The molecule has 40 heavy (non-hydrogen) atoms. The van der Waals surface area contributed by atoms with Gasteiger partial charge in [-0.1, -0.05) is 115 Å². The van der Waals surface area contributed by atoms with E-state index in [4.69, 9.17) is 19.3 Å².